The number of aryl methyl sites for hydroxylation is 3. The first-order valence-corrected chi connectivity index (χ1v) is 10.8. The third kappa shape index (κ3) is 3.95. The van der Waals surface area contributed by atoms with Gasteiger partial charge in [-0.1, -0.05) is 0 Å². The lowest BCUT2D eigenvalue weighted by Gasteiger charge is -2.29. The van der Waals surface area contributed by atoms with Crippen LogP contribution in [0.3, 0.4) is 0 Å². The molecule has 1 N–H and O–H groups in total. The summed E-state index contributed by atoms with van der Waals surface area (Å²) in [5, 5.41) is 15.0. The highest BCUT2D eigenvalue weighted by Gasteiger charge is 2.24. The fourth-order valence-electron chi connectivity index (χ4n) is 4.00. The predicted molar refractivity (Wildman–Crippen MR) is 112 cm³/mol. The van der Waals surface area contributed by atoms with E-state index < -0.39 is 0 Å². The summed E-state index contributed by atoms with van der Waals surface area (Å²) >= 11 is 1.81. The number of hydrogen-bond donors (Lipinski definition) is 1. The van der Waals surface area contributed by atoms with E-state index >= 15 is 0 Å². The SMILES string of the molecule is Cc1cc(C)n(-c2ccc(=O)n(C3CCC(NCc4sccc4C)CC3)n2)n1. The molecule has 0 amide bonds. The summed E-state index contributed by atoms with van der Waals surface area (Å²) in [5.74, 6) is 0.707. The first-order chi connectivity index (χ1) is 13.5. The van der Waals surface area contributed by atoms with Gasteiger partial charge in [0.2, 0.25) is 0 Å². The largest absolute Gasteiger partial charge is 0.309 e. The Balaban J connectivity index is 1.43. The molecule has 148 valence electrons. The number of aromatic nitrogens is 4. The van der Waals surface area contributed by atoms with Crippen molar-refractivity contribution in [1.82, 2.24) is 24.9 Å². The molecule has 7 heteroatoms. The van der Waals surface area contributed by atoms with Crippen molar-refractivity contribution in [1.29, 1.82) is 0 Å². The molecule has 0 spiro atoms. The molecule has 3 heterocycles. The van der Waals surface area contributed by atoms with Crippen LogP contribution in [0.2, 0.25) is 0 Å². The maximum Gasteiger partial charge on any atom is 0.267 e. The standard InChI is InChI=1S/C21H27N5OS/c1-14-10-11-28-19(14)13-22-17-4-6-18(7-5-17)26-21(27)9-8-20(24-26)25-16(3)12-15(2)23-25/h8-12,17-18,22H,4-7,13H2,1-3H3. The van der Waals surface area contributed by atoms with Crippen molar-refractivity contribution < 1.29 is 0 Å². The smallest absolute Gasteiger partial charge is 0.267 e. The highest BCUT2D eigenvalue weighted by molar-refractivity contribution is 7.10. The number of nitrogens with zero attached hydrogens (tertiary/aromatic N) is 4. The second-order valence-electron chi connectivity index (χ2n) is 7.73. The average molecular weight is 398 g/mol. The van der Waals surface area contributed by atoms with E-state index in [0.717, 1.165) is 43.6 Å². The van der Waals surface area contributed by atoms with Crippen LogP contribution in [0.25, 0.3) is 5.82 Å². The Kier molecular flexibility index (Phi) is 5.46. The zero-order valence-corrected chi connectivity index (χ0v) is 17.5. The van der Waals surface area contributed by atoms with E-state index in [-0.39, 0.29) is 11.6 Å². The Morgan fingerprint density at radius 3 is 2.54 bits per heavy atom. The van der Waals surface area contributed by atoms with Crippen molar-refractivity contribution in [2.45, 2.75) is 65.1 Å². The Labute approximate surface area is 169 Å². The lowest BCUT2D eigenvalue weighted by Crippen LogP contribution is -2.36. The zero-order valence-electron chi connectivity index (χ0n) is 16.7. The van der Waals surface area contributed by atoms with Crippen molar-refractivity contribution in [2.24, 2.45) is 0 Å². The molecule has 6 nitrogen and oxygen atoms in total. The normalized spacial score (nSPS) is 19.8. The number of thiophene rings is 1. The van der Waals surface area contributed by atoms with E-state index in [4.69, 9.17) is 0 Å². The molecule has 1 aliphatic carbocycles. The molecule has 0 atom stereocenters. The summed E-state index contributed by atoms with van der Waals surface area (Å²) in [4.78, 5) is 13.9. The second kappa shape index (κ2) is 8.01. The molecule has 1 fully saturated rings. The maximum atomic E-state index is 12.4. The Morgan fingerprint density at radius 1 is 1.11 bits per heavy atom. The molecule has 0 aliphatic heterocycles. The van der Waals surface area contributed by atoms with Gasteiger partial charge in [0.25, 0.3) is 5.56 Å². The topological polar surface area (TPSA) is 64.7 Å². The highest BCUT2D eigenvalue weighted by Crippen LogP contribution is 2.28. The monoisotopic (exact) mass is 397 g/mol. The van der Waals surface area contributed by atoms with Gasteiger partial charge in [0, 0.05) is 29.2 Å². The lowest BCUT2D eigenvalue weighted by atomic mass is 9.91. The minimum absolute atomic E-state index is 0.0316. The summed E-state index contributed by atoms with van der Waals surface area (Å²) in [7, 11) is 0. The van der Waals surface area contributed by atoms with E-state index in [2.05, 4.69) is 33.9 Å². The number of hydrogen-bond acceptors (Lipinski definition) is 5. The molecule has 0 bridgehead atoms. The molecule has 3 aromatic rings. The van der Waals surface area contributed by atoms with Crippen LogP contribution >= 0.6 is 11.3 Å². The predicted octanol–water partition coefficient (Wildman–Crippen LogP) is 3.69. The fourth-order valence-corrected chi connectivity index (χ4v) is 4.85. The van der Waals surface area contributed by atoms with Gasteiger partial charge in [-0.05, 0) is 75.6 Å². The van der Waals surface area contributed by atoms with Crippen LogP contribution in [0.4, 0.5) is 0 Å². The van der Waals surface area contributed by atoms with Crippen LogP contribution in [0.1, 0.15) is 53.6 Å². The van der Waals surface area contributed by atoms with Crippen LogP contribution < -0.4 is 10.9 Å². The van der Waals surface area contributed by atoms with Crippen LogP contribution in [-0.4, -0.2) is 25.6 Å². The van der Waals surface area contributed by atoms with E-state index in [1.807, 2.05) is 35.9 Å². The van der Waals surface area contributed by atoms with Crippen LogP contribution in [0.15, 0.2) is 34.4 Å². The molecule has 0 saturated heterocycles. The molecule has 4 rings (SSSR count). The Bertz CT molecular complexity index is 1010. The second-order valence-corrected chi connectivity index (χ2v) is 8.73. The van der Waals surface area contributed by atoms with Gasteiger partial charge in [0.1, 0.15) is 0 Å². The van der Waals surface area contributed by atoms with Gasteiger partial charge in [0.15, 0.2) is 5.82 Å². The molecule has 0 aromatic carbocycles. The minimum Gasteiger partial charge on any atom is -0.309 e. The third-order valence-corrected chi connectivity index (χ3v) is 6.62. The van der Waals surface area contributed by atoms with Gasteiger partial charge in [-0.25, -0.2) is 9.36 Å². The average Bonchev–Trinajstić information content (AvgIpc) is 3.25. The number of rotatable bonds is 5. The van der Waals surface area contributed by atoms with Gasteiger partial charge in [-0.2, -0.15) is 5.10 Å². The fraction of sp³-hybridized carbons (Fsp3) is 0.476. The summed E-state index contributed by atoms with van der Waals surface area (Å²) in [6.45, 7) is 7.07. The molecular formula is C21H27N5OS. The molecule has 0 radical (unpaired) electrons. The van der Waals surface area contributed by atoms with E-state index in [1.165, 1.54) is 10.4 Å². The molecular weight excluding hydrogens is 370 g/mol. The summed E-state index contributed by atoms with van der Waals surface area (Å²) in [6, 6.07) is 8.23. The van der Waals surface area contributed by atoms with Crippen LogP contribution in [0.5, 0.6) is 0 Å². The third-order valence-electron chi connectivity index (χ3n) is 5.60. The van der Waals surface area contributed by atoms with Crippen molar-refractivity contribution in [3.63, 3.8) is 0 Å². The van der Waals surface area contributed by atoms with E-state index in [1.54, 1.807) is 16.8 Å². The molecule has 3 aromatic heterocycles. The molecule has 1 aliphatic rings. The molecule has 0 unspecified atom stereocenters. The first kappa shape index (κ1) is 19.1. The van der Waals surface area contributed by atoms with E-state index in [9.17, 15) is 4.79 Å². The quantitative estimate of drug-likeness (QED) is 0.713. The summed E-state index contributed by atoms with van der Waals surface area (Å²) in [5.41, 5.74) is 3.30. The summed E-state index contributed by atoms with van der Waals surface area (Å²) in [6.07, 6.45) is 4.06. The Hall–Kier alpha value is -2.25. The van der Waals surface area contributed by atoms with Crippen molar-refractivity contribution in [3.8, 4) is 5.82 Å². The van der Waals surface area contributed by atoms with Crippen molar-refractivity contribution >= 4 is 11.3 Å². The lowest BCUT2D eigenvalue weighted by molar-refractivity contribution is 0.268. The van der Waals surface area contributed by atoms with Gasteiger partial charge >= 0.3 is 0 Å². The molecule has 1 saturated carbocycles. The van der Waals surface area contributed by atoms with Gasteiger partial charge in [-0.3, -0.25) is 4.79 Å². The highest BCUT2D eigenvalue weighted by atomic mass is 32.1. The minimum atomic E-state index is -0.0316. The summed E-state index contributed by atoms with van der Waals surface area (Å²) < 4.78 is 3.48. The first-order valence-electron chi connectivity index (χ1n) is 9.91. The van der Waals surface area contributed by atoms with Crippen LogP contribution in [0, 0.1) is 20.8 Å². The Morgan fingerprint density at radius 2 is 1.89 bits per heavy atom. The molecule has 28 heavy (non-hydrogen) atoms. The van der Waals surface area contributed by atoms with Crippen molar-refractivity contribution in [3.05, 3.63) is 61.8 Å². The van der Waals surface area contributed by atoms with Crippen molar-refractivity contribution in [2.75, 3.05) is 0 Å². The maximum absolute atomic E-state index is 12.4. The van der Waals surface area contributed by atoms with Gasteiger partial charge in [-0.15, -0.1) is 16.4 Å². The van der Waals surface area contributed by atoms with Gasteiger partial charge < -0.3 is 5.32 Å². The van der Waals surface area contributed by atoms with Gasteiger partial charge in [0.05, 0.1) is 11.7 Å². The number of nitrogens with one attached hydrogen (secondary N) is 1. The van der Waals surface area contributed by atoms with E-state index in [0.29, 0.717) is 11.9 Å². The van der Waals surface area contributed by atoms with Crippen LogP contribution in [-0.2, 0) is 6.54 Å². The zero-order chi connectivity index (χ0) is 19.7.